The van der Waals surface area contributed by atoms with Crippen molar-refractivity contribution in [3.63, 3.8) is 0 Å². The molecular formula is C20H33IN4O3. The third kappa shape index (κ3) is 5.85. The van der Waals surface area contributed by atoms with E-state index >= 15 is 0 Å². The average molecular weight is 504 g/mol. The number of ether oxygens (including phenoxy) is 1. The zero-order chi connectivity index (χ0) is 19.2. The first kappa shape index (κ1) is 23.0. The molecule has 2 fully saturated rings. The van der Waals surface area contributed by atoms with Gasteiger partial charge in [0.2, 0.25) is 0 Å². The van der Waals surface area contributed by atoms with Gasteiger partial charge in [0.05, 0.1) is 7.11 Å². The first-order chi connectivity index (χ1) is 13.1. The van der Waals surface area contributed by atoms with Crippen LogP contribution in [0.25, 0.3) is 0 Å². The van der Waals surface area contributed by atoms with E-state index < -0.39 is 0 Å². The van der Waals surface area contributed by atoms with E-state index in [4.69, 9.17) is 9.15 Å². The third-order valence-electron chi connectivity index (χ3n) is 5.51. The molecule has 2 heterocycles. The molecule has 1 aliphatic carbocycles. The van der Waals surface area contributed by atoms with Crippen LogP contribution in [0.1, 0.15) is 60.9 Å². The van der Waals surface area contributed by atoms with Crippen molar-refractivity contribution in [1.82, 2.24) is 15.5 Å². The number of carbonyl (C=O) groups is 1. The molecule has 1 aromatic heterocycles. The minimum absolute atomic E-state index is 0. The van der Waals surface area contributed by atoms with E-state index in [0.717, 1.165) is 31.5 Å². The van der Waals surface area contributed by atoms with E-state index in [2.05, 4.69) is 27.4 Å². The zero-order valence-electron chi connectivity index (χ0n) is 17.1. The van der Waals surface area contributed by atoms with Crippen molar-refractivity contribution in [1.29, 1.82) is 0 Å². The van der Waals surface area contributed by atoms with Crippen LogP contribution in [0, 0.1) is 6.92 Å². The summed E-state index contributed by atoms with van der Waals surface area (Å²) >= 11 is 0. The summed E-state index contributed by atoms with van der Waals surface area (Å²) in [5.74, 6) is 1.64. The average Bonchev–Trinajstić information content (AvgIpc) is 3.40. The molecule has 2 N–H and O–H groups in total. The molecule has 0 aromatic carbocycles. The second-order valence-electron chi connectivity index (χ2n) is 7.43. The Morgan fingerprint density at radius 1 is 1.36 bits per heavy atom. The molecule has 1 saturated heterocycles. The summed E-state index contributed by atoms with van der Waals surface area (Å²) in [6, 6.07) is 2.91. The number of esters is 1. The third-order valence-corrected chi connectivity index (χ3v) is 5.51. The first-order valence-electron chi connectivity index (χ1n) is 10.1. The lowest BCUT2D eigenvalue weighted by Crippen LogP contribution is -2.45. The minimum atomic E-state index is -0.380. The van der Waals surface area contributed by atoms with Crippen molar-refractivity contribution in [2.24, 2.45) is 4.99 Å². The summed E-state index contributed by atoms with van der Waals surface area (Å²) in [5, 5.41) is 6.87. The molecule has 1 aromatic rings. The van der Waals surface area contributed by atoms with E-state index in [-0.39, 0.29) is 29.9 Å². The molecular weight excluding hydrogens is 471 g/mol. The van der Waals surface area contributed by atoms with Crippen molar-refractivity contribution in [2.45, 2.75) is 64.6 Å². The molecule has 158 valence electrons. The summed E-state index contributed by atoms with van der Waals surface area (Å²) in [6.07, 6.45) is 6.59. The highest BCUT2D eigenvalue weighted by Gasteiger charge is 2.30. The number of guanidine groups is 1. The Kier molecular flexibility index (Phi) is 9.07. The minimum Gasteiger partial charge on any atom is -0.465 e. The Hall–Kier alpha value is -1.29. The number of rotatable bonds is 6. The number of halogens is 1. The van der Waals surface area contributed by atoms with Crippen LogP contribution in [0.5, 0.6) is 0 Å². The van der Waals surface area contributed by atoms with Crippen LogP contribution in [-0.2, 0) is 11.3 Å². The van der Waals surface area contributed by atoms with Crippen molar-refractivity contribution in [2.75, 3.05) is 26.7 Å². The number of methoxy groups -OCH3 is 1. The lowest BCUT2D eigenvalue weighted by molar-refractivity contribution is 0.0599. The Morgan fingerprint density at radius 2 is 2.11 bits per heavy atom. The fourth-order valence-corrected chi connectivity index (χ4v) is 4.11. The quantitative estimate of drug-likeness (QED) is 0.269. The maximum Gasteiger partial charge on any atom is 0.341 e. The van der Waals surface area contributed by atoms with Crippen LogP contribution in [0.4, 0.5) is 0 Å². The number of nitrogens with zero attached hydrogens (tertiary/aromatic N) is 2. The standard InChI is InChI=1S/C20H32N4O3.HI/c1-4-21-20(22-12-17-11-18(14(2)27-17)19(25)26-3)23-15-9-10-24(13-15)16-7-5-6-8-16;/h11,15-16H,4-10,12-13H2,1-3H3,(H2,21,22,23);1H. The highest BCUT2D eigenvalue weighted by Crippen LogP contribution is 2.26. The number of hydrogen-bond donors (Lipinski definition) is 2. The Balaban J connectivity index is 0.00000280. The molecule has 1 aliphatic heterocycles. The van der Waals surface area contributed by atoms with Gasteiger partial charge in [0, 0.05) is 31.7 Å². The summed E-state index contributed by atoms with van der Waals surface area (Å²) in [6.45, 7) is 7.26. The lowest BCUT2D eigenvalue weighted by atomic mass is 10.2. The van der Waals surface area contributed by atoms with Crippen LogP contribution in [-0.4, -0.2) is 55.7 Å². The number of hydrogen-bond acceptors (Lipinski definition) is 5. The molecule has 1 saturated carbocycles. The van der Waals surface area contributed by atoms with Crippen molar-refractivity contribution in [3.8, 4) is 0 Å². The van der Waals surface area contributed by atoms with E-state index in [0.29, 0.717) is 29.7 Å². The molecule has 8 heteroatoms. The summed E-state index contributed by atoms with van der Waals surface area (Å²) in [4.78, 5) is 19.0. The predicted octanol–water partition coefficient (Wildman–Crippen LogP) is 3.06. The number of carbonyl (C=O) groups excluding carboxylic acids is 1. The van der Waals surface area contributed by atoms with Crippen LogP contribution >= 0.6 is 24.0 Å². The number of furan rings is 1. The first-order valence-corrected chi connectivity index (χ1v) is 10.1. The van der Waals surface area contributed by atoms with Crippen molar-refractivity contribution in [3.05, 3.63) is 23.2 Å². The van der Waals surface area contributed by atoms with Crippen molar-refractivity contribution >= 4 is 35.9 Å². The van der Waals surface area contributed by atoms with Gasteiger partial charge in [0.15, 0.2) is 5.96 Å². The molecule has 2 aliphatic rings. The number of aliphatic imine (C=N–C) groups is 1. The number of aryl methyl sites for hydroxylation is 1. The maximum atomic E-state index is 11.7. The van der Waals surface area contributed by atoms with E-state index in [1.54, 1.807) is 13.0 Å². The fraction of sp³-hybridized carbons (Fsp3) is 0.700. The molecule has 28 heavy (non-hydrogen) atoms. The van der Waals surface area contributed by atoms with E-state index in [9.17, 15) is 4.79 Å². The van der Waals surface area contributed by atoms with Crippen LogP contribution < -0.4 is 10.6 Å². The SMILES string of the molecule is CCNC(=NCc1cc(C(=O)OC)c(C)o1)NC1CCN(C2CCCC2)C1.I. The van der Waals surface area contributed by atoms with Gasteiger partial charge in [-0.3, -0.25) is 4.90 Å². The molecule has 0 spiro atoms. The second-order valence-corrected chi connectivity index (χ2v) is 7.43. The van der Waals surface area contributed by atoms with E-state index in [1.165, 1.54) is 39.3 Å². The van der Waals surface area contributed by atoms with Crippen LogP contribution in [0.3, 0.4) is 0 Å². The largest absolute Gasteiger partial charge is 0.465 e. The summed E-state index contributed by atoms with van der Waals surface area (Å²) < 4.78 is 10.4. The fourth-order valence-electron chi connectivity index (χ4n) is 4.11. The maximum absolute atomic E-state index is 11.7. The van der Waals surface area contributed by atoms with Gasteiger partial charge in [-0.25, -0.2) is 9.79 Å². The van der Waals surface area contributed by atoms with Gasteiger partial charge in [-0.05, 0) is 39.2 Å². The van der Waals surface area contributed by atoms with Gasteiger partial charge in [0.25, 0.3) is 0 Å². The van der Waals surface area contributed by atoms with Gasteiger partial charge in [-0.1, -0.05) is 12.8 Å². The van der Waals surface area contributed by atoms with Gasteiger partial charge < -0.3 is 19.8 Å². The highest BCUT2D eigenvalue weighted by atomic mass is 127. The monoisotopic (exact) mass is 504 g/mol. The van der Waals surface area contributed by atoms with Crippen LogP contribution in [0.15, 0.2) is 15.5 Å². The van der Waals surface area contributed by atoms with Gasteiger partial charge in [-0.15, -0.1) is 24.0 Å². The van der Waals surface area contributed by atoms with Gasteiger partial charge in [0.1, 0.15) is 23.6 Å². The van der Waals surface area contributed by atoms with Crippen LogP contribution in [0.2, 0.25) is 0 Å². The summed E-state index contributed by atoms with van der Waals surface area (Å²) in [5.41, 5.74) is 0.462. The van der Waals surface area contributed by atoms with Crippen molar-refractivity contribution < 1.29 is 13.9 Å². The van der Waals surface area contributed by atoms with Gasteiger partial charge in [-0.2, -0.15) is 0 Å². The highest BCUT2D eigenvalue weighted by molar-refractivity contribution is 14.0. The van der Waals surface area contributed by atoms with E-state index in [1.807, 2.05) is 0 Å². The molecule has 0 radical (unpaired) electrons. The Morgan fingerprint density at radius 3 is 2.79 bits per heavy atom. The molecule has 1 unspecified atom stereocenters. The number of nitrogens with one attached hydrogen (secondary N) is 2. The lowest BCUT2D eigenvalue weighted by Gasteiger charge is -2.24. The topological polar surface area (TPSA) is 79.1 Å². The Labute approximate surface area is 184 Å². The number of likely N-dealkylation sites (tertiary alicyclic amines) is 1. The molecule has 0 amide bonds. The molecule has 0 bridgehead atoms. The summed E-state index contributed by atoms with van der Waals surface area (Å²) in [7, 11) is 1.37. The molecule has 7 nitrogen and oxygen atoms in total. The predicted molar refractivity (Wildman–Crippen MR) is 120 cm³/mol. The molecule has 3 rings (SSSR count). The second kappa shape index (κ2) is 11.0. The molecule has 1 atom stereocenters. The normalized spacial score (nSPS) is 20.8. The zero-order valence-corrected chi connectivity index (χ0v) is 19.5. The Bertz CT molecular complexity index is 670. The van der Waals surface area contributed by atoms with Gasteiger partial charge >= 0.3 is 5.97 Å². The smallest absolute Gasteiger partial charge is 0.341 e.